The number of rotatable bonds is 11. The maximum atomic E-state index is 13.4. The number of nitrogens with zero attached hydrogens (tertiary/aromatic N) is 1. The van der Waals surface area contributed by atoms with Gasteiger partial charge in [0.2, 0.25) is 0 Å². The van der Waals surface area contributed by atoms with E-state index in [4.69, 9.17) is 9.25 Å². The van der Waals surface area contributed by atoms with Gasteiger partial charge >= 0.3 is 25.6 Å². The van der Waals surface area contributed by atoms with Crippen LogP contribution in [0.2, 0.25) is 0 Å². The average molecular weight is 487 g/mol. The first-order valence-electron chi connectivity index (χ1n) is 11.1. The minimum Gasteiger partial charge on any atom is -0.465 e. The summed E-state index contributed by atoms with van der Waals surface area (Å²) in [6, 6.07) is -0.264. The number of ether oxygens (including phenoxy) is 1. The lowest BCUT2D eigenvalue weighted by molar-refractivity contribution is -0.186. The average Bonchev–Trinajstić information content (AvgIpc) is 2.76. The van der Waals surface area contributed by atoms with Gasteiger partial charge < -0.3 is 9.64 Å². The Balaban J connectivity index is 2.13. The molecule has 0 atom stereocenters. The number of hydrogen-bond donors (Lipinski definition) is 2. The van der Waals surface area contributed by atoms with E-state index >= 15 is 0 Å². The van der Waals surface area contributed by atoms with E-state index < -0.39 is 38.5 Å². The van der Waals surface area contributed by atoms with E-state index in [2.05, 4.69) is 15.7 Å². The second kappa shape index (κ2) is 12.9. The molecule has 32 heavy (non-hydrogen) atoms. The first-order valence-corrected chi connectivity index (χ1v) is 12.8. The Bertz CT molecular complexity index is 629. The summed E-state index contributed by atoms with van der Waals surface area (Å²) < 4.78 is 68.0. The first kappa shape index (κ1) is 27.0. The summed E-state index contributed by atoms with van der Waals surface area (Å²) >= 11 is 0. The Hall–Kier alpha value is -1.20. The van der Waals surface area contributed by atoms with Crippen molar-refractivity contribution in [2.24, 2.45) is 0 Å². The van der Waals surface area contributed by atoms with Crippen molar-refractivity contribution in [3.63, 3.8) is 0 Å². The lowest BCUT2D eigenvalue weighted by Gasteiger charge is -2.30. The van der Waals surface area contributed by atoms with E-state index in [0.717, 1.165) is 64.2 Å². The molecule has 0 aromatic carbocycles. The fraction of sp³-hybridized carbons (Fsp3) is 0.895. The number of alkyl halides is 3. The summed E-state index contributed by atoms with van der Waals surface area (Å²) in [7, 11) is -4.33. The van der Waals surface area contributed by atoms with Gasteiger partial charge in [0, 0.05) is 12.1 Å². The van der Waals surface area contributed by atoms with E-state index in [-0.39, 0.29) is 23.6 Å². The number of carbonyl (C=O) groups excluding carboxylic acids is 2. The molecule has 0 spiro atoms. The van der Waals surface area contributed by atoms with E-state index in [1.54, 1.807) is 0 Å². The van der Waals surface area contributed by atoms with Gasteiger partial charge in [0.25, 0.3) is 0 Å². The summed E-state index contributed by atoms with van der Waals surface area (Å²) in [6.07, 6.45) is 2.55. The van der Waals surface area contributed by atoms with Crippen LogP contribution >= 0.6 is 7.60 Å². The van der Waals surface area contributed by atoms with Gasteiger partial charge in [0.1, 0.15) is 12.8 Å². The largest absolute Gasteiger partial charge is 0.471 e. The fourth-order valence-electron chi connectivity index (χ4n) is 3.76. The number of hydrogen-bond acceptors (Lipinski definition) is 8. The van der Waals surface area contributed by atoms with Crippen LogP contribution in [0.1, 0.15) is 71.1 Å². The molecule has 0 aromatic rings. The lowest BCUT2D eigenvalue weighted by Crippen LogP contribution is -2.46. The van der Waals surface area contributed by atoms with Gasteiger partial charge in [-0.2, -0.15) is 24.1 Å². The van der Waals surface area contributed by atoms with Crippen LogP contribution in [0.25, 0.3) is 0 Å². The second-order valence-corrected chi connectivity index (χ2v) is 10.0. The molecule has 0 bridgehead atoms. The number of esters is 1. The molecule has 1 amide bonds. The standard InChI is InChI=1S/C19H33F3N3O6P/c1-2-29-17(26)13-25(18(27)19(20,21)22)14-32(28,30-23-15-9-5-3-6-10-15)31-24-16-11-7-4-8-12-16/h15-16,23-24H,2-14H2,1H3. The highest BCUT2D eigenvalue weighted by Crippen LogP contribution is 2.48. The number of nitrogens with one attached hydrogen (secondary N) is 2. The van der Waals surface area contributed by atoms with E-state index in [1.165, 1.54) is 6.92 Å². The third-order valence-electron chi connectivity index (χ3n) is 5.43. The molecule has 0 unspecified atom stereocenters. The predicted octanol–water partition coefficient (Wildman–Crippen LogP) is 3.80. The molecular weight excluding hydrogens is 454 g/mol. The van der Waals surface area contributed by atoms with E-state index in [9.17, 15) is 27.3 Å². The van der Waals surface area contributed by atoms with Crippen molar-refractivity contribution in [2.75, 3.05) is 19.4 Å². The van der Waals surface area contributed by atoms with Crippen LogP contribution < -0.4 is 11.0 Å². The molecule has 9 nitrogen and oxygen atoms in total. The zero-order valence-electron chi connectivity index (χ0n) is 18.3. The number of carbonyl (C=O) groups is 2. The van der Waals surface area contributed by atoms with E-state index in [1.807, 2.05) is 0 Å². The van der Waals surface area contributed by atoms with Crippen molar-refractivity contribution in [1.29, 1.82) is 0 Å². The molecule has 186 valence electrons. The second-order valence-electron chi connectivity index (χ2n) is 8.15. The van der Waals surface area contributed by atoms with Crippen LogP contribution in [0.4, 0.5) is 13.2 Å². The molecule has 0 aliphatic heterocycles. The molecule has 2 aliphatic rings. The van der Waals surface area contributed by atoms with Crippen LogP contribution in [0.15, 0.2) is 0 Å². The van der Waals surface area contributed by atoms with Crippen LogP contribution in [-0.4, -0.2) is 54.5 Å². The Morgan fingerprint density at radius 2 is 1.41 bits per heavy atom. The summed E-state index contributed by atoms with van der Waals surface area (Å²) in [4.78, 5) is 23.8. The van der Waals surface area contributed by atoms with Gasteiger partial charge in [-0.15, -0.1) is 0 Å². The maximum absolute atomic E-state index is 13.4. The van der Waals surface area contributed by atoms with Crippen LogP contribution in [-0.2, 0) is 28.1 Å². The molecule has 2 rings (SSSR count). The highest BCUT2D eigenvalue weighted by atomic mass is 31.2. The van der Waals surface area contributed by atoms with Crippen molar-refractivity contribution < 1.29 is 41.3 Å². The molecule has 13 heteroatoms. The van der Waals surface area contributed by atoms with Crippen LogP contribution in [0.5, 0.6) is 0 Å². The van der Waals surface area contributed by atoms with Crippen LogP contribution in [0, 0.1) is 0 Å². The number of amides is 1. The number of hydroxylamine groups is 2. The van der Waals surface area contributed by atoms with Crippen molar-refractivity contribution in [2.45, 2.75) is 89.4 Å². The molecule has 2 N–H and O–H groups in total. The van der Waals surface area contributed by atoms with Crippen molar-refractivity contribution in [3.8, 4) is 0 Å². The highest BCUT2D eigenvalue weighted by molar-refractivity contribution is 7.53. The molecule has 0 saturated heterocycles. The van der Waals surface area contributed by atoms with Crippen molar-refractivity contribution in [3.05, 3.63) is 0 Å². The monoisotopic (exact) mass is 487 g/mol. The first-order chi connectivity index (χ1) is 15.1. The normalized spacial score (nSPS) is 19.0. The van der Waals surface area contributed by atoms with Gasteiger partial charge in [-0.3, -0.25) is 14.2 Å². The van der Waals surface area contributed by atoms with Gasteiger partial charge in [0.15, 0.2) is 0 Å². The molecule has 2 saturated carbocycles. The van der Waals surface area contributed by atoms with E-state index in [0.29, 0.717) is 0 Å². The third-order valence-corrected chi connectivity index (χ3v) is 6.88. The molecule has 0 aromatic heterocycles. The Labute approximate surface area is 186 Å². The minimum atomic E-state index is -5.27. The fourth-order valence-corrected chi connectivity index (χ4v) is 5.18. The zero-order valence-corrected chi connectivity index (χ0v) is 19.2. The van der Waals surface area contributed by atoms with Gasteiger partial charge in [-0.25, -0.2) is 9.25 Å². The van der Waals surface area contributed by atoms with Gasteiger partial charge in [-0.05, 0) is 32.6 Å². The smallest absolute Gasteiger partial charge is 0.465 e. The highest BCUT2D eigenvalue weighted by Gasteiger charge is 2.46. The Morgan fingerprint density at radius 1 is 0.938 bits per heavy atom. The molecular formula is C19H33F3N3O6P. The number of halogens is 3. The summed E-state index contributed by atoms with van der Waals surface area (Å²) in [5, 5.41) is 0. The molecule has 2 aliphatic carbocycles. The van der Waals surface area contributed by atoms with Crippen molar-refractivity contribution >= 4 is 19.5 Å². The quantitative estimate of drug-likeness (QED) is 0.258. The van der Waals surface area contributed by atoms with Crippen LogP contribution in [0.3, 0.4) is 0 Å². The predicted molar refractivity (Wildman–Crippen MR) is 109 cm³/mol. The maximum Gasteiger partial charge on any atom is 0.471 e. The van der Waals surface area contributed by atoms with Gasteiger partial charge in [0.05, 0.1) is 6.61 Å². The topological polar surface area (TPSA) is 106 Å². The molecule has 2 fully saturated rings. The summed E-state index contributed by atoms with van der Waals surface area (Å²) in [5.41, 5.74) is 5.30. The molecule has 0 radical (unpaired) electrons. The lowest BCUT2D eigenvalue weighted by atomic mass is 9.96. The SMILES string of the molecule is CCOC(=O)CN(CP(=O)(ONC1CCCCC1)ONC1CCCCC1)C(=O)C(F)(F)F. The molecule has 0 heterocycles. The van der Waals surface area contributed by atoms with Crippen molar-refractivity contribution in [1.82, 2.24) is 15.9 Å². The van der Waals surface area contributed by atoms with Gasteiger partial charge in [-0.1, -0.05) is 38.5 Å². The zero-order chi connectivity index (χ0) is 23.6. The summed E-state index contributed by atoms with van der Waals surface area (Å²) in [5.74, 6) is -3.38. The summed E-state index contributed by atoms with van der Waals surface area (Å²) in [6.45, 7) is 0.368. The minimum absolute atomic E-state index is 0.0794. The third kappa shape index (κ3) is 9.35. The Kier molecular flexibility index (Phi) is 10.9. The Morgan fingerprint density at radius 3 is 1.81 bits per heavy atom.